The monoisotopic (exact) mass is 423 g/mol. The molecule has 1 fully saturated rings. The molecule has 4 rings (SSSR count). The van der Waals surface area contributed by atoms with E-state index in [1.807, 2.05) is 16.7 Å². The number of carbonyl (C=O) groups is 1. The van der Waals surface area contributed by atoms with Crippen molar-refractivity contribution < 1.29 is 9.53 Å². The van der Waals surface area contributed by atoms with Gasteiger partial charge in [-0.25, -0.2) is 4.68 Å². The average molecular weight is 424 g/mol. The van der Waals surface area contributed by atoms with Crippen LogP contribution in [0.3, 0.4) is 0 Å². The van der Waals surface area contributed by atoms with Gasteiger partial charge in [0.25, 0.3) is 0 Å². The number of aromatic nitrogens is 3. The maximum atomic E-state index is 11.5. The van der Waals surface area contributed by atoms with Crippen LogP contribution in [0, 0.1) is 18.6 Å². The highest BCUT2D eigenvalue weighted by molar-refractivity contribution is 7.71. The van der Waals surface area contributed by atoms with E-state index < -0.39 is 12.0 Å². The quantitative estimate of drug-likeness (QED) is 0.639. The molecule has 0 saturated carbocycles. The maximum Gasteiger partial charge on any atom is 0.247 e. The summed E-state index contributed by atoms with van der Waals surface area (Å²) < 4.78 is 9.84. The molecular formula is C22H25N5O2S. The number of nitrogens with zero attached hydrogens (tertiary/aromatic N) is 4. The van der Waals surface area contributed by atoms with Gasteiger partial charge in [-0.05, 0) is 38.2 Å². The second kappa shape index (κ2) is 8.51. The first kappa shape index (κ1) is 20.5. The Bertz CT molecular complexity index is 1100. The molecule has 0 radical (unpaired) electrons. The van der Waals surface area contributed by atoms with Crippen LogP contribution in [0.15, 0.2) is 48.5 Å². The molecule has 1 unspecified atom stereocenters. The van der Waals surface area contributed by atoms with E-state index in [2.05, 4.69) is 55.1 Å². The SMILES string of the molecule is Cc1ccc(-c2nn(CN3CCOC(C(N)=O)C3)c(=S)n2-c2ccc(C)cc2)cc1. The smallest absolute Gasteiger partial charge is 0.247 e. The van der Waals surface area contributed by atoms with Crippen molar-refractivity contribution in [3.8, 4) is 17.1 Å². The Balaban J connectivity index is 1.74. The van der Waals surface area contributed by atoms with E-state index in [-0.39, 0.29) is 0 Å². The Hall–Kier alpha value is -2.81. The fourth-order valence-corrected chi connectivity index (χ4v) is 3.80. The summed E-state index contributed by atoms with van der Waals surface area (Å²) in [6.07, 6.45) is -0.608. The summed E-state index contributed by atoms with van der Waals surface area (Å²) in [6, 6.07) is 16.5. The summed E-state index contributed by atoms with van der Waals surface area (Å²) in [6.45, 7) is 6.13. The maximum absolute atomic E-state index is 11.5. The minimum atomic E-state index is -0.608. The third-order valence-corrected chi connectivity index (χ3v) is 5.64. The Morgan fingerprint density at radius 3 is 2.40 bits per heavy atom. The van der Waals surface area contributed by atoms with Crippen LogP contribution in [0.1, 0.15) is 11.1 Å². The van der Waals surface area contributed by atoms with Crippen molar-refractivity contribution in [1.82, 2.24) is 19.2 Å². The van der Waals surface area contributed by atoms with E-state index in [9.17, 15) is 4.79 Å². The van der Waals surface area contributed by atoms with Crippen molar-refractivity contribution in [2.75, 3.05) is 19.7 Å². The normalized spacial score (nSPS) is 17.2. The van der Waals surface area contributed by atoms with Crippen molar-refractivity contribution in [1.29, 1.82) is 0 Å². The van der Waals surface area contributed by atoms with Gasteiger partial charge < -0.3 is 10.5 Å². The summed E-state index contributed by atoms with van der Waals surface area (Å²) >= 11 is 5.82. The van der Waals surface area contributed by atoms with Gasteiger partial charge in [0, 0.05) is 24.3 Å². The molecule has 3 aromatic rings. The minimum absolute atomic E-state index is 0.425. The summed E-state index contributed by atoms with van der Waals surface area (Å²) in [5, 5.41) is 4.85. The van der Waals surface area contributed by atoms with E-state index in [0.29, 0.717) is 31.1 Å². The Morgan fingerprint density at radius 1 is 1.13 bits per heavy atom. The third-order valence-electron chi connectivity index (χ3n) is 5.24. The molecule has 0 bridgehead atoms. The molecule has 1 aliphatic rings. The number of carbonyl (C=O) groups excluding carboxylic acids is 1. The summed E-state index contributed by atoms with van der Waals surface area (Å²) in [7, 11) is 0. The molecule has 0 spiro atoms. The van der Waals surface area contributed by atoms with Crippen molar-refractivity contribution in [2.45, 2.75) is 26.6 Å². The lowest BCUT2D eigenvalue weighted by Gasteiger charge is -2.30. The number of benzene rings is 2. The van der Waals surface area contributed by atoms with E-state index in [4.69, 9.17) is 27.8 Å². The van der Waals surface area contributed by atoms with Gasteiger partial charge in [0.1, 0.15) is 6.10 Å². The largest absolute Gasteiger partial charge is 0.367 e. The van der Waals surface area contributed by atoms with Crippen LogP contribution in [0.25, 0.3) is 17.1 Å². The van der Waals surface area contributed by atoms with E-state index in [1.165, 1.54) is 11.1 Å². The molecule has 1 aromatic heterocycles. The Labute approximate surface area is 180 Å². The van der Waals surface area contributed by atoms with Gasteiger partial charge in [-0.2, -0.15) is 0 Å². The number of ether oxygens (including phenoxy) is 1. The van der Waals surface area contributed by atoms with Crippen LogP contribution < -0.4 is 5.73 Å². The molecule has 2 heterocycles. The first-order valence-electron chi connectivity index (χ1n) is 9.89. The Kier molecular flexibility index (Phi) is 5.80. The molecule has 1 aliphatic heterocycles. The summed E-state index contributed by atoms with van der Waals surface area (Å²) in [4.78, 5) is 13.6. The lowest BCUT2D eigenvalue weighted by molar-refractivity contribution is -0.136. The highest BCUT2D eigenvalue weighted by atomic mass is 32.1. The number of nitrogens with two attached hydrogens (primary N) is 1. The predicted octanol–water partition coefficient (Wildman–Crippen LogP) is 2.83. The van der Waals surface area contributed by atoms with Crippen molar-refractivity contribution in [2.24, 2.45) is 5.73 Å². The van der Waals surface area contributed by atoms with Crippen LogP contribution in [-0.4, -0.2) is 51.0 Å². The Morgan fingerprint density at radius 2 is 1.77 bits per heavy atom. The molecule has 7 nitrogen and oxygen atoms in total. The molecule has 1 saturated heterocycles. The number of hydrogen-bond donors (Lipinski definition) is 1. The van der Waals surface area contributed by atoms with Crippen LogP contribution >= 0.6 is 12.2 Å². The fourth-order valence-electron chi connectivity index (χ4n) is 3.51. The fraction of sp³-hybridized carbons (Fsp3) is 0.318. The zero-order valence-corrected chi connectivity index (χ0v) is 17.9. The van der Waals surface area contributed by atoms with Crippen LogP contribution in [0.4, 0.5) is 0 Å². The number of hydrogen-bond acceptors (Lipinski definition) is 5. The lowest BCUT2D eigenvalue weighted by Crippen LogP contribution is -2.48. The van der Waals surface area contributed by atoms with Crippen molar-refractivity contribution in [3.63, 3.8) is 0 Å². The zero-order chi connectivity index (χ0) is 21.3. The zero-order valence-electron chi connectivity index (χ0n) is 17.1. The standard InChI is InChI=1S/C22H25N5O2S/c1-15-3-7-17(8-4-15)21-24-26(14-25-11-12-29-19(13-25)20(23)28)22(30)27(21)18-9-5-16(2)6-10-18/h3-10,19H,11-14H2,1-2H3,(H2,23,28). The average Bonchev–Trinajstić information content (AvgIpc) is 3.05. The van der Waals surface area contributed by atoms with Gasteiger partial charge in [-0.1, -0.05) is 47.5 Å². The molecule has 8 heteroatoms. The first-order valence-corrected chi connectivity index (χ1v) is 10.3. The van der Waals surface area contributed by atoms with E-state index >= 15 is 0 Å². The van der Waals surface area contributed by atoms with Gasteiger partial charge in [0.05, 0.1) is 13.3 Å². The van der Waals surface area contributed by atoms with Gasteiger partial charge in [-0.3, -0.25) is 14.3 Å². The number of rotatable bonds is 5. The van der Waals surface area contributed by atoms with Gasteiger partial charge in [-0.15, -0.1) is 5.10 Å². The lowest BCUT2D eigenvalue weighted by atomic mass is 10.1. The number of morpholine rings is 1. The van der Waals surface area contributed by atoms with Crippen molar-refractivity contribution in [3.05, 3.63) is 64.4 Å². The molecule has 1 atom stereocenters. The molecule has 0 aliphatic carbocycles. The molecule has 2 aromatic carbocycles. The molecular weight excluding hydrogens is 398 g/mol. The van der Waals surface area contributed by atoms with Gasteiger partial charge in [0.15, 0.2) is 5.82 Å². The van der Waals surface area contributed by atoms with Crippen LogP contribution in [0.2, 0.25) is 0 Å². The second-order valence-corrected chi connectivity index (χ2v) is 7.99. The third kappa shape index (κ3) is 4.21. The summed E-state index contributed by atoms with van der Waals surface area (Å²) in [5.41, 5.74) is 9.74. The van der Waals surface area contributed by atoms with Crippen LogP contribution in [-0.2, 0) is 16.2 Å². The molecule has 156 valence electrons. The van der Waals surface area contributed by atoms with Crippen LogP contribution in [0.5, 0.6) is 0 Å². The van der Waals surface area contributed by atoms with E-state index in [1.54, 1.807) is 4.68 Å². The van der Waals surface area contributed by atoms with Gasteiger partial charge >= 0.3 is 0 Å². The van der Waals surface area contributed by atoms with Gasteiger partial charge in [0.2, 0.25) is 10.7 Å². The minimum Gasteiger partial charge on any atom is -0.367 e. The van der Waals surface area contributed by atoms with Crippen molar-refractivity contribution >= 4 is 18.1 Å². The predicted molar refractivity (Wildman–Crippen MR) is 118 cm³/mol. The highest BCUT2D eigenvalue weighted by Crippen LogP contribution is 2.24. The first-order chi connectivity index (χ1) is 14.4. The highest BCUT2D eigenvalue weighted by Gasteiger charge is 2.26. The van der Waals surface area contributed by atoms with E-state index in [0.717, 1.165) is 17.1 Å². The molecule has 2 N–H and O–H groups in total. The summed E-state index contributed by atoms with van der Waals surface area (Å²) in [5.74, 6) is 0.331. The topological polar surface area (TPSA) is 78.3 Å². The number of primary amides is 1. The molecule has 30 heavy (non-hydrogen) atoms. The molecule has 1 amide bonds. The number of aryl methyl sites for hydroxylation is 2. The second-order valence-electron chi connectivity index (χ2n) is 7.62. The number of amides is 1.